The molecule has 5 aromatic heterocycles. The number of aromatic nitrogens is 3. The van der Waals surface area contributed by atoms with Crippen LogP contribution in [-0.4, -0.2) is 13.7 Å². The Morgan fingerprint density at radius 3 is 1.21 bits per heavy atom. The number of rotatable bonds is 8. The smallest absolute Gasteiger partial charge is 0.0542 e. The summed E-state index contributed by atoms with van der Waals surface area (Å²) in [7, 11) is 0. The highest BCUT2D eigenvalue weighted by atomic mass is 32.1. The van der Waals surface area contributed by atoms with Crippen molar-refractivity contribution >= 4 is 128 Å². The van der Waals surface area contributed by atoms with E-state index in [9.17, 15) is 0 Å². The van der Waals surface area contributed by atoms with Gasteiger partial charge in [0.25, 0.3) is 0 Å². The average Bonchev–Trinajstić information content (AvgIpc) is 1.80. The molecule has 0 aliphatic rings. The van der Waals surface area contributed by atoms with E-state index in [-0.39, 0.29) is 0 Å². The van der Waals surface area contributed by atoms with Gasteiger partial charge in [-0.25, -0.2) is 0 Å². The largest absolute Gasteiger partial charge is 0.309 e. The van der Waals surface area contributed by atoms with Crippen LogP contribution in [0.4, 0.5) is 0 Å². The molecule has 5 heteroatoms. The van der Waals surface area contributed by atoms with Crippen molar-refractivity contribution in [2.45, 2.75) is 0 Å². The van der Waals surface area contributed by atoms with Gasteiger partial charge in [0.15, 0.2) is 0 Å². The van der Waals surface area contributed by atoms with E-state index in [0.717, 1.165) is 61.5 Å². The Labute approximate surface area is 520 Å². The second-order valence-electron chi connectivity index (χ2n) is 23.5. The van der Waals surface area contributed by atoms with Crippen LogP contribution in [-0.2, 0) is 0 Å². The Hall–Kier alpha value is -11.1. The molecule has 0 radical (unpaired) electrons. The summed E-state index contributed by atoms with van der Waals surface area (Å²) < 4.78 is 12.6. The van der Waals surface area contributed by atoms with Crippen LogP contribution in [0.1, 0.15) is 0 Å². The van der Waals surface area contributed by atoms with Crippen LogP contribution in [0.15, 0.2) is 309 Å². The molecule has 0 spiro atoms. The fraction of sp³-hybridized carbons (Fsp3) is 0. The first kappa shape index (κ1) is 50.1. The SMILES string of the molecule is c1cc(-c2cc(-n3c4ccccc4c4cc(-n5c6ccccc6c6ccccc65)ccc43)ccc2-c2ccc(-c3ccc4sc5ccccc5c4c3)cc2-c2cccc(-n3c4ccccc4c4ccccc43)c2)cc(-c2cccc3c2sc2ccccc23)c1. The van der Waals surface area contributed by atoms with Gasteiger partial charge in [0.2, 0.25) is 0 Å². The van der Waals surface area contributed by atoms with Gasteiger partial charge in [0.1, 0.15) is 0 Å². The number of fused-ring (bicyclic) bond motifs is 15. The van der Waals surface area contributed by atoms with Crippen molar-refractivity contribution < 1.29 is 0 Å². The number of nitrogens with zero attached hydrogens (tertiary/aromatic N) is 3. The van der Waals surface area contributed by atoms with E-state index in [1.54, 1.807) is 0 Å². The summed E-state index contributed by atoms with van der Waals surface area (Å²) >= 11 is 3.75. The fourth-order valence-electron chi connectivity index (χ4n) is 14.7. The number of thiophene rings is 2. The highest BCUT2D eigenvalue weighted by Crippen LogP contribution is 2.47. The van der Waals surface area contributed by atoms with Gasteiger partial charge in [0.05, 0.1) is 33.1 Å². The molecule has 0 bridgehead atoms. The van der Waals surface area contributed by atoms with E-state index in [0.29, 0.717) is 0 Å². The molecule has 414 valence electrons. The molecule has 0 saturated carbocycles. The Bertz CT molecular complexity index is 6030. The minimum Gasteiger partial charge on any atom is -0.309 e. The van der Waals surface area contributed by atoms with Crippen LogP contribution in [0.5, 0.6) is 0 Å². The third-order valence-corrected chi connectivity index (χ3v) is 21.0. The third kappa shape index (κ3) is 7.76. The molecule has 19 rings (SSSR count). The highest BCUT2D eigenvalue weighted by molar-refractivity contribution is 7.26. The van der Waals surface area contributed by atoms with Crippen molar-refractivity contribution in [3.05, 3.63) is 309 Å². The fourth-order valence-corrected chi connectivity index (χ4v) is 17.0. The van der Waals surface area contributed by atoms with E-state index in [4.69, 9.17) is 0 Å². The van der Waals surface area contributed by atoms with Gasteiger partial charge in [-0.15, -0.1) is 22.7 Å². The molecule has 0 aliphatic carbocycles. The molecule has 19 aromatic rings. The molecule has 0 atom stereocenters. The molecule has 3 nitrogen and oxygen atoms in total. The van der Waals surface area contributed by atoms with Crippen LogP contribution in [0, 0.1) is 0 Å². The lowest BCUT2D eigenvalue weighted by Crippen LogP contribution is -1.98. The molecular weight excluding hydrogens is 1120 g/mol. The van der Waals surface area contributed by atoms with Gasteiger partial charge in [-0.05, 0) is 165 Å². The first-order valence-electron chi connectivity index (χ1n) is 30.5. The van der Waals surface area contributed by atoms with Crippen LogP contribution in [0.25, 0.3) is 178 Å². The second kappa shape index (κ2) is 19.7. The van der Waals surface area contributed by atoms with Crippen molar-refractivity contribution in [1.29, 1.82) is 0 Å². The molecule has 0 unspecified atom stereocenters. The number of hydrogen-bond donors (Lipinski definition) is 0. The summed E-state index contributed by atoms with van der Waals surface area (Å²) in [6.45, 7) is 0. The van der Waals surface area contributed by atoms with Crippen molar-refractivity contribution in [2.24, 2.45) is 0 Å². The highest BCUT2D eigenvalue weighted by Gasteiger charge is 2.22. The zero-order valence-electron chi connectivity index (χ0n) is 48.1. The summed E-state index contributed by atoms with van der Waals surface area (Å²) in [6, 6.07) is 116. The van der Waals surface area contributed by atoms with Crippen molar-refractivity contribution in [2.75, 3.05) is 0 Å². The predicted molar refractivity (Wildman–Crippen MR) is 382 cm³/mol. The van der Waals surface area contributed by atoms with Gasteiger partial charge >= 0.3 is 0 Å². The monoisotopic (exact) mass is 1170 g/mol. The second-order valence-corrected chi connectivity index (χ2v) is 25.6. The lowest BCUT2D eigenvalue weighted by atomic mass is 9.86. The number of hydrogen-bond acceptors (Lipinski definition) is 2. The van der Waals surface area contributed by atoms with Crippen molar-refractivity contribution in [1.82, 2.24) is 13.7 Å². The molecule has 0 amide bonds. The summed E-state index contributed by atoms with van der Waals surface area (Å²) in [4.78, 5) is 0. The van der Waals surface area contributed by atoms with E-state index in [2.05, 4.69) is 323 Å². The zero-order valence-corrected chi connectivity index (χ0v) is 49.7. The molecule has 0 N–H and O–H groups in total. The summed E-state index contributed by atoms with van der Waals surface area (Å²) in [5.74, 6) is 0. The molecule has 14 aromatic carbocycles. The maximum atomic E-state index is 2.49. The molecule has 0 aliphatic heterocycles. The third-order valence-electron chi connectivity index (χ3n) is 18.7. The van der Waals surface area contributed by atoms with Crippen LogP contribution in [0.2, 0.25) is 0 Å². The van der Waals surface area contributed by atoms with E-state index < -0.39 is 0 Å². The van der Waals surface area contributed by atoms with Gasteiger partial charge < -0.3 is 13.7 Å². The molecule has 0 fully saturated rings. The maximum Gasteiger partial charge on any atom is 0.0542 e. The maximum absolute atomic E-state index is 2.49. The Balaban J connectivity index is 0.852. The van der Waals surface area contributed by atoms with E-state index >= 15 is 0 Å². The topological polar surface area (TPSA) is 14.8 Å². The molecular formula is C84H51N3S2. The number of para-hydroxylation sites is 5. The minimum absolute atomic E-state index is 1.10. The zero-order chi connectivity index (χ0) is 58.3. The van der Waals surface area contributed by atoms with E-state index in [1.165, 1.54) is 117 Å². The van der Waals surface area contributed by atoms with E-state index in [1.807, 2.05) is 22.7 Å². The molecule has 5 heterocycles. The average molecular weight is 1170 g/mol. The molecule has 0 saturated heterocycles. The van der Waals surface area contributed by atoms with Gasteiger partial charge in [-0.1, -0.05) is 200 Å². The summed E-state index contributed by atoms with van der Waals surface area (Å²) in [5.41, 5.74) is 22.2. The van der Waals surface area contributed by atoms with Gasteiger partial charge in [0, 0.05) is 89.7 Å². The van der Waals surface area contributed by atoms with Crippen LogP contribution >= 0.6 is 22.7 Å². The van der Waals surface area contributed by atoms with Crippen LogP contribution < -0.4 is 0 Å². The van der Waals surface area contributed by atoms with Gasteiger partial charge in [-0.3, -0.25) is 0 Å². The quantitative estimate of drug-likeness (QED) is 0.144. The first-order chi connectivity index (χ1) is 44.1. The Morgan fingerprint density at radius 2 is 0.584 bits per heavy atom. The Kier molecular flexibility index (Phi) is 11.1. The minimum atomic E-state index is 1.10. The Morgan fingerprint density at radius 1 is 0.180 bits per heavy atom. The normalized spacial score (nSPS) is 12.0. The predicted octanol–water partition coefficient (Wildman–Crippen LogP) is 24.0. The summed E-state index contributed by atoms with van der Waals surface area (Å²) in [5, 5.41) is 12.6. The lowest BCUT2D eigenvalue weighted by Gasteiger charge is -2.20. The summed E-state index contributed by atoms with van der Waals surface area (Å²) in [6.07, 6.45) is 0. The lowest BCUT2D eigenvalue weighted by molar-refractivity contribution is 1.17. The number of benzene rings is 14. The first-order valence-corrected chi connectivity index (χ1v) is 32.1. The van der Waals surface area contributed by atoms with Gasteiger partial charge in [-0.2, -0.15) is 0 Å². The van der Waals surface area contributed by atoms with Crippen molar-refractivity contribution in [3.63, 3.8) is 0 Å². The standard InChI is InChI=1S/C84H51N3S2/c1-8-31-75-63(22-1)64-23-2-9-32-76(64)85(75)57-21-16-20-56(47-57)71-48-52(53-39-45-83-74(49-53)69-28-7-13-36-81(69)88-83)38-42-61(71)62-43-40-58(50-72(62)55-19-15-18-54(46-55)60-29-17-30-70-68-27-6-14-37-82(68)89-84(60)70)87-79-35-12-5-26-67(79)73-51-59(41-44-80(73)87)86-77-33-10-3-24-65(77)66-25-4-11-34-78(66)86/h1-51H. The van der Waals surface area contributed by atoms with Crippen LogP contribution in [0.3, 0.4) is 0 Å². The molecule has 89 heavy (non-hydrogen) atoms. The van der Waals surface area contributed by atoms with Crippen molar-refractivity contribution in [3.8, 4) is 72.7 Å².